The first-order valence-corrected chi connectivity index (χ1v) is 4.42. The molecule has 1 heterocycles. The van der Waals surface area contributed by atoms with Gasteiger partial charge in [0, 0.05) is 6.20 Å². The molecule has 1 rings (SSSR count). The summed E-state index contributed by atoms with van der Waals surface area (Å²) in [6, 6.07) is 1.66. The number of pyridine rings is 1. The Kier molecular flexibility index (Phi) is 3.59. The van der Waals surface area contributed by atoms with Gasteiger partial charge in [-0.05, 0) is 25.5 Å². The van der Waals surface area contributed by atoms with Gasteiger partial charge in [0.1, 0.15) is 0 Å². The fourth-order valence-electron chi connectivity index (χ4n) is 1.11. The SMILES string of the molecule is CCOC(=O)c1cc(C)cnc1CO. The molecule has 1 aromatic heterocycles. The van der Waals surface area contributed by atoms with Gasteiger partial charge in [-0.1, -0.05) is 0 Å². The Morgan fingerprint density at radius 3 is 2.93 bits per heavy atom. The van der Waals surface area contributed by atoms with E-state index in [1.807, 2.05) is 6.92 Å². The lowest BCUT2D eigenvalue weighted by atomic mass is 10.1. The lowest BCUT2D eigenvalue weighted by Gasteiger charge is -2.06. The Bertz CT molecular complexity index is 336. The maximum atomic E-state index is 11.4. The van der Waals surface area contributed by atoms with Gasteiger partial charge in [0.15, 0.2) is 0 Å². The van der Waals surface area contributed by atoms with Crippen LogP contribution in [-0.2, 0) is 11.3 Å². The summed E-state index contributed by atoms with van der Waals surface area (Å²) in [4.78, 5) is 15.4. The molecule has 0 aliphatic heterocycles. The molecule has 0 aliphatic rings. The van der Waals surface area contributed by atoms with E-state index >= 15 is 0 Å². The molecule has 0 saturated heterocycles. The summed E-state index contributed by atoms with van der Waals surface area (Å²) < 4.78 is 4.84. The maximum absolute atomic E-state index is 11.4. The lowest BCUT2D eigenvalue weighted by Crippen LogP contribution is -2.10. The monoisotopic (exact) mass is 195 g/mol. The van der Waals surface area contributed by atoms with Gasteiger partial charge in [0.25, 0.3) is 0 Å². The van der Waals surface area contributed by atoms with Gasteiger partial charge in [-0.2, -0.15) is 0 Å². The zero-order chi connectivity index (χ0) is 10.6. The summed E-state index contributed by atoms with van der Waals surface area (Å²) >= 11 is 0. The summed E-state index contributed by atoms with van der Waals surface area (Å²) in [7, 11) is 0. The van der Waals surface area contributed by atoms with Gasteiger partial charge in [-0.15, -0.1) is 0 Å². The van der Waals surface area contributed by atoms with E-state index in [1.165, 1.54) is 0 Å². The van der Waals surface area contributed by atoms with E-state index in [4.69, 9.17) is 9.84 Å². The number of nitrogens with zero attached hydrogens (tertiary/aromatic N) is 1. The summed E-state index contributed by atoms with van der Waals surface area (Å²) in [6.07, 6.45) is 1.61. The molecule has 4 nitrogen and oxygen atoms in total. The molecule has 0 fully saturated rings. The van der Waals surface area contributed by atoms with E-state index in [9.17, 15) is 4.79 Å². The highest BCUT2D eigenvalue weighted by atomic mass is 16.5. The topological polar surface area (TPSA) is 59.4 Å². The van der Waals surface area contributed by atoms with Crippen molar-refractivity contribution in [2.45, 2.75) is 20.5 Å². The molecule has 0 atom stereocenters. The number of aryl methyl sites for hydroxylation is 1. The van der Waals surface area contributed by atoms with Crippen LogP contribution in [0.5, 0.6) is 0 Å². The largest absolute Gasteiger partial charge is 0.462 e. The second-order valence-corrected chi connectivity index (χ2v) is 2.89. The summed E-state index contributed by atoms with van der Waals surface area (Å²) in [6.45, 7) is 3.63. The summed E-state index contributed by atoms with van der Waals surface area (Å²) in [5.41, 5.74) is 1.56. The van der Waals surface area contributed by atoms with Crippen LogP contribution >= 0.6 is 0 Å². The first-order chi connectivity index (χ1) is 6.69. The summed E-state index contributed by atoms with van der Waals surface area (Å²) in [5, 5.41) is 8.96. The fourth-order valence-corrected chi connectivity index (χ4v) is 1.11. The molecule has 4 heteroatoms. The second kappa shape index (κ2) is 4.72. The molecule has 1 aromatic rings. The van der Waals surface area contributed by atoms with Crippen molar-refractivity contribution in [3.05, 3.63) is 29.1 Å². The molecule has 0 aromatic carbocycles. The third kappa shape index (κ3) is 2.29. The predicted octanol–water partition coefficient (Wildman–Crippen LogP) is 1.06. The molecule has 14 heavy (non-hydrogen) atoms. The van der Waals surface area contributed by atoms with E-state index in [1.54, 1.807) is 19.2 Å². The van der Waals surface area contributed by atoms with Crippen LogP contribution in [0.1, 0.15) is 28.5 Å². The van der Waals surface area contributed by atoms with Gasteiger partial charge < -0.3 is 9.84 Å². The zero-order valence-corrected chi connectivity index (χ0v) is 8.28. The third-order valence-corrected chi connectivity index (χ3v) is 1.75. The standard InChI is InChI=1S/C10H13NO3/c1-3-14-10(13)8-4-7(2)5-11-9(8)6-12/h4-5,12H,3,6H2,1-2H3. The second-order valence-electron chi connectivity index (χ2n) is 2.89. The highest BCUT2D eigenvalue weighted by Crippen LogP contribution is 2.10. The van der Waals surface area contributed by atoms with Crippen LogP contribution < -0.4 is 0 Å². The third-order valence-electron chi connectivity index (χ3n) is 1.75. The molecular weight excluding hydrogens is 182 g/mol. The molecule has 76 valence electrons. The summed E-state index contributed by atoms with van der Waals surface area (Å²) in [5.74, 6) is -0.437. The van der Waals surface area contributed by atoms with Gasteiger partial charge in [0.2, 0.25) is 0 Å². The predicted molar refractivity (Wildman–Crippen MR) is 50.9 cm³/mol. The highest BCUT2D eigenvalue weighted by molar-refractivity contribution is 5.90. The van der Waals surface area contributed by atoms with Crippen molar-refractivity contribution in [3.8, 4) is 0 Å². The van der Waals surface area contributed by atoms with E-state index in [0.717, 1.165) is 5.56 Å². The van der Waals surface area contributed by atoms with E-state index < -0.39 is 5.97 Å². The van der Waals surface area contributed by atoms with Crippen molar-refractivity contribution in [1.29, 1.82) is 0 Å². The van der Waals surface area contributed by atoms with Gasteiger partial charge in [-0.3, -0.25) is 4.98 Å². The number of aliphatic hydroxyl groups is 1. The zero-order valence-electron chi connectivity index (χ0n) is 8.28. The number of aromatic nitrogens is 1. The van der Waals surface area contributed by atoms with E-state index in [-0.39, 0.29) is 6.61 Å². The number of carbonyl (C=O) groups excluding carboxylic acids is 1. The number of aliphatic hydroxyl groups excluding tert-OH is 1. The smallest absolute Gasteiger partial charge is 0.340 e. The van der Waals surface area contributed by atoms with Crippen LogP contribution in [0.25, 0.3) is 0 Å². The average Bonchev–Trinajstić information content (AvgIpc) is 2.18. The van der Waals surface area contributed by atoms with Crippen molar-refractivity contribution in [1.82, 2.24) is 4.98 Å². The Morgan fingerprint density at radius 1 is 1.64 bits per heavy atom. The van der Waals surface area contributed by atoms with Crippen molar-refractivity contribution in [3.63, 3.8) is 0 Å². The van der Waals surface area contributed by atoms with Crippen molar-refractivity contribution in [2.75, 3.05) is 6.61 Å². The molecule has 0 spiro atoms. The molecule has 0 unspecified atom stereocenters. The Morgan fingerprint density at radius 2 is 2.36 bits per heavy atom. The first kappa shape index (κ1) is 10.7. The molecular formula is C10H13NO3. The van der Waals surface area contributed by atoms with E-state index in [2.05, 4.69) is 4.98 Å². The number of hydrogen-bond acceptors (Lipinski definition) is 4. The fraction of sp³-hybridized carbons (Fsp3) is 0.400. The van der Waals surface area contributed by atoms with Crippen LogP contribution in [-0.4, -0.2) is 22.7 Å². The number of rotatable bonds is 3. The number of carbonyl (C=O) groups is 1. The maximum Gasteiger partial charge on any atom is 0.340 e. The quantitative estimate of drug-likeness (QED) is 0.732. The Labute approximate surface area is 82.5 Å². The molecule has 0 amide bonds. The van der Waals surface area contributed by atoms with Gasteiger partial charge in [0.05, 0.1) is 24.5 Å². The normalized spacial score (nSPS) is 9.93. The number of ether oxygens (including phenoxy) is 1. The van der Waals surface area contributed by atoms with Crippen LogP contribution in [0.3, 0.4) is 0 Å². The molecule has 1 N–H and O–H groups in total. The Hall–Kier alpha value is -1.42. The Balaban J connectivity index is 3.03. The molecule has 0 aliphatic carbocycles. The van der Waals surface area contributed by atoms with Crippen LogP contribution in [0.15, 0.2) is 12.3 Å². The molecule has 0 radical (unpaired) electrons. The van der Waals surface area contributed by atoms with Crippen molar-refractivity contribution in [2.24, 2.45) is 0 Å². The minimum absolute atomic E-state index is 0.256. The van der Waals surface area contributed by atoms with Crippen molar-refractivity contribution >= 4 is 5.97 Å². The average molecular weight is 195 g/mol. The highest BCUT2D eigenvalue weighted by Gasteiger charge is 2.12. The minimum Gasteiger partial charge on any atom is -0.462 e. The first-order valence-electron chi connectivity index (χ1n) is 4.42. The van der Waals surface area contributed by atoms with Crippen molar-refractivity contribution < 1.29 is 14.6 Å². The lowest BCUT2D eigenvalue weighted by molar-refractivity contribution is 0.0522. The molecule has 0 bridgehead atoms. The van der Waals surface area contributed by atoms with E-state index in [0.29, 0.717) is 17.9 Å². The number of hydrogen-bond donors (Lipinski definition) is 1. The van der Waals surface area contributed by atoms with Gasteiger partial charge >= 0.3 is 5.97 Å². The van der Waals surface area contributed by atoms with Crippen LogP contribution in [0, 0.1) is 6.92 Å². The van der Waals surface area contributed by atoms with Crippen LogP contribution in [0.2, 0.25) is 0 Å². The van der Waals surface area contributed by atoms with Gasteiger partial charge in [-0.25, -0.2) is 4.79 Å². The van der Waals surface area contributed by atoms with Crippen LogP contribution in [0.4, 0.5) is 0 Å². The minimum atomic E-state index is -0.437. The molecule has 0 saturated carbocycles. The number of esters is 1.